The lowest BCUT2D eigenvalue weighted by atomic mass is 10.2. The van der Waals surface area contributed by atoms with E-state index in [1.54, 1.807) is 6.07 Å². The monoisotopic (exact) mass is 330 g/mol. The first-order valence-electron chi connectivity index (χ1n) is 4.34. The average Bonchev–Trinajstić information content (AvgIpc) is 2.22. The van der Waals surface area contributed by atoms with E-state index in [9.17, 15) is 22.0 Å². The maximum absolute atomic E-state index is 12.5. The molecular weight excluding hydrogens is 327 g/mol. The highest BCUT2D eigenvalue weighted by Gasteiger charge is 2.35. The van der Waals surface area contributed by atoms with Gasteiger partial charge in [-0.15, -0.1) is 13.2 Å². The second kappa shape index (κ2) is 5.48. The van der Waals surface area contributed by atoms with Crippen LogP contribution in [0.2, 0.25) is 0 Å². The molecule has 0 N–H and O–H groups in total. The molecule has 0 saturated carbocycles. The molecular formula is C9H4BrF5N2O. The number of hydrogen-bond acceptors (Lipinski definition) is 3. The molecule has 0 bridgehead atoms. The van der Waals surface area contributed by atoms with Crippen LogP contribution in [0.25, 0.3) is 0 Å². The van der Waals surface area contributed by atoms with Crippen molar-refractivity contribution < 1.29 is 26.7 Å². The highest BCUT2D eigenvalue weighted by molar-refractivity contribution is 9.10. The molecule has 0 amide bonds. The zero-order valence-corrected chi connectivity index (χ0v) is 10.0. The molecule has 0 aliphatic heterocycles. The average molecular weight is 331 g/mol. The molecule has 0 saturated heterocycles. The fourth-order valence-electron chi connectivity index (χ4n) is 1.10. The minimum Gasteiger partial charge on any atom is -0.402 e. The summed E-state index contributed by atoms with van der Waals surface area (Å²) >= 11 is 2.70. The fraction of sp³-hybridized carbons (Fsp3) is 0.333. The Morgan fingerprint density at radius 1 is 1.44 bits per heavy atom. The molecule has 18 heavy (non-hydrogen) atoms. The predicted molar refractivity (Wildman–Crippen MR) is 52.9 cm³/mol. The van der Waals surface area contributed by atoms with Crippen molar-refractivity contribution >= 4 is 15.9 Å². The van der Waals surface area contributed by atoms with Crippen LogP contribution in [0.3, 0.4) is 0 Å². The Bertz CT molecular complexity index is 483. The zero-order valence-electron chi connectivity index (χ0n) is 8.43. The van der Waals surface area contributed by atoms with Gasteiger partial charge in [-0.25, -0.2) is 8.78 Å². The van der Waals surface area contributed by atoms with Crippen LogP contribution in [0.5, 0.6) is 5.75 Å². The lowest BCUT2D eigenvalue weighted by Gasteiger charge is -2.15. The van der Waals surface area contributed by atoms with E-state index >= 15 is 0 Å². The van der Waals surface area contributed by atoms with Crippen LogP contribution in [-0.4, -0.2) is 11.3 Å². The summed E-state index contributed by atoms with van der Waals surface area (Å²) in [5, 5.41) is 8.44. The van der Waals surface area contributed by atoms with E-state index in [-0.39, 0.29) is 16.5 Å². The summed E-state index contributed by atoms with van der Waals surface area (Å²) in [5.74, 6) is -1.12. The van der Waals surface area contributed by atoms with Crippen molar-refractivity contribution in [2.75, 3.05) is 0 Å². The Labute approximate surface area is 106 Å². The number of hydrogen-bond donors (Lipinski definition) is 0. The third kappa shape index (κ3) is 3.53. The second-order valence-electron chi connectivity index (χ2n) is 3.00. The number of ether oxygens (including phenoxy) is 1. The molecule has 0 radical (unpaired) electrons. The Morgan fingerprint density at radius 2 is 2.06 bits per heavy atom. The normalized spacial score (nSPS) is 11.4. The van der Waals surface area contributed by atoms with Crippen molar-refractivity contribution in [1.82, 2.24) is 4.98 Å². The van der Waals surface area contributed by atoms with E-state index in [0.29, 0.717) is 0 Å². The Hall–Kier alpha value is -1.43. The number of nitrogens with zero attached hydrogens (tertiary/aromatic N) is 2. The van der Waals surface area contributed by atoms with Crippen LogP contribution in [-0.2, 0) is 6.42 Å². The van der Waals surface area contributed by atoms with Crippen molar-refractivity contribution in [1.29, 1.82) is 5.26 Å². The first-order valence-corrected chi connectivity index (χ1v) is 5.13. The molecule has 0 aromatic carbocycles. The highest BCUT2D eigenvalue weighted by Crippen LogP contribution is 2.39. The molecule has 0 unspecified atom stereocenters. The van der Waals surface area contributed by atoms with E-state index in [0.717, 1.165) is 6.20 Å². The van der Waals surface area contributed by atoms with E-state index in [4.69, 9.17) is 5.26 Å². The highest BCUT2D eigenvalue weighted by atomic mass is 79.9. The number of alkyl halides is 5. The van der Waals surface area contributed by atoms with Gasteiger partial charge in [-0.1, -0.05) is 0 Å². The molecule has 3 nitrogen and oxygen atoms in total. The summed E-state index contributed by atoms with van der Waals surface area (Å²) < 4.78 is 64.5. The maximum Gasteiger partial charge on any atom is 0.573 e. The van der Waals surface area contributed by atoms with E-state index < -0.39 is 24.2 Å². The minimum absolute atomic E-state index is 0.0288. The van der Waals surface area contributed by atoms with Gasteiger partial charge in [0.05, 0.1) is 17.0 Å². The van der Waals surface area contributed by atoms with Gasteiger partial charge in [-0.3, -0.25) is 4.98 Å². The third-order valence-corrected chi connectivity index (χ3v) is 2.64. The minimum atomic E-state index is -5.13. The zero-order chi connectivity index (χ0) is 13.9. The molecule has 1 rings (SSSR count). The summed E-state index contributed by atoms with van der Waals surface area (Å²) in [6, 6.07) is 1.67. The smallest absolute Gasteiger partial charge is 0.402 e. The second-order valence-corrected chi connectivity index (χ2v) is 3.79. The number of pyridine rings is 1. The third-order valence-electron chi connectivity index (χ3n) is 1.77. The lowest BCUT2D eigenvalue weighted by molar-refractivity contribution is -0.275. The van der Waals surface area contributed by atoms with Crippen LogP contribution < -0.4 is 4.74 Å². The van der Waals surface area contributed by atoms with Crippen LogP contribution >= 0.6 is 15.9 Å². The van der Waals surface area contributed by atoms with Gasteiger partial charge in [0.25, 0.3) is 6.43 Å². The standard InChI is InChI=1S/C9H4BrF5N2O/c10-5-4(1-2-16)3-17-6(8(11)12)7(5)18-9(13,14)15/h3,8H,1H2. The summed E-state index contributed by atoms with van der Waals surface area (Å²) in [7, 11) is 0. The van der Waals surface area contributed by atoms with E-state index in [1.165, 1.54) is 0 Å². The molecule has 0 atom stereocenters. The molecule has 1 aromatic rings. The Morgan fingerprint density at radius 3 is 2.50 bits per heavy atom. The number of aromatic nitrogens is 1. The van der Waals surface area contributed by atoms with Gasteiger partial charge in [0.15, 0.2) is 5.75 Å². The quantitative estimate of drug-likeness (QED) is 0.793. The van der Waals surface area contributed by atoms with Gasteiger partial charge >= 0.3 is 6.36 Å². The van der Waals surface area contributed by atoms with Crippen molar-refractivity contribution in [3.05, 3.63) is 21.9 Å². The molecule has 98 valence electrons. The summed E-state index contributed by atoms with van der Waals surface area (Å²) in [6.07, 6.45) is -7.74. The Balaban J connectivity index is 3.32. The summed E-state index contributed by atoms with van der Waals surface area (Å²) in [4.78, 5) is 3.19. The van der Waals surface area contributed by atoms with Crippen LogP contribution in [0, 0.1) is 11.3 Å². The fourth-order valence-corrected chi connectivity index (χ4v) is 1.62. The predicted octanol–water partition coefficient (Wildman–Crippen LogP) is 3.75. The van der Waals surface area contributed by atoms with Gasteiger partial charge in [-0.2, -0.15) is 5.26 Å². The maximum atomic E-state index is 12.5. The van der Waals surface area contributed by atoms with Gasteiger partial charge in [0.2, 0.25) is 0 Å². The van der Waals surface area contributed by atoms with Crippen molar-refractivity contribution in [2.45, 2.75) is 19.2 Å². The van der Waals surface area contributed by atoms with E-state index in [1.807, 2.05) is 0 Å². The molecule has 1 heterocycles. The van der Waals surface area contributed by atoms with Crippen molar-refractivity contribution in [3.8, 4) is 11.8 Å². The van der Waals surface area contributed by atoms with E-state index in [2.05, 4.69) is 25.7 Å². The van der Waals surface area contributed by atoms with Crippen molar-refractivity contribution in [3.63, 3.8) is 0 Å². The number of halogens is 6. The molecule has 0 spiro atoms. The number of rotatable bonds is 3. The van der Waals surface area contributed by atoms with Crippen LogP contribution in [0.1, 0.15) is 17.7 Å². The SMILES string of the molecule is N#CCc1cnc(C(F)F)c(OC(F)(F)F)c1Br. The molecule has 0 aliphatic carbocycles. The first kappa shape index (κ1) is 14.6. The lowest BCUT2D eigenvalue weighted by Crippen LogP contribution is -2.19. The molecule has 0 aliphatic rings. The Kier molecular flexibility index (Phi) is 4.45. The number of nitriles is 1. The molecule has 1 aromatic heterocycles. The van der Waals surface area contributed by atoms with Gasteiger partial charge in [0.1, 0.15) is 5.69 Å². The van der Waals surface area contributed by atoms with Crippen LogP contribution in [0.4, 0.5) is 22.0 Å². The molecule has 0 fully saturated rings. The van der Waals surface area contributed by atoms with Gasteiger partial charge in [-0.05, 0) is 15.9 Å². The topological polar surface area (TPSA) is 45.9 Å². The molecule has 9 heteroatoms. The van der Waals surface area contributed by atoms with Crippen molar-refractivity contribution in [2.24, 2.45) is 0 Å². The summed E-state index contributed by atoms with van der Waals surface area (Å²) in [6.45, 7) is 0. The van der Waals surface area contributed by atoms with Crippen LogP contribution in [0.15, 0.2) is 10.7 Å². The van der Waals surface area contributed by atoms with Gasteiger partial charge in [0, 0.05) is 11.8 Å². The summed E-state index contributed by atoms with van der Waals surface area (Å²) in [5.41, 5.74) is -1.11. The van der Waals surface area contributed by atoms with Gasteiger partial charge < -0.3 is 4.74 Å². The largest absolute Gasteiger partial charge is 0.573 e. The first-order chi connectivity index (χ1) is 8.26.